The van der Waals surface area contributed by atoms with Crippen LogP contribution in [0.4, 0.5) is 0 Å². The van der Waals surface area contributed by atoms with E-state index in [9.17, 15) is 0 Å². The van der Waals surface area contributed by atoms with Crippen LogP contribution in [0.25, 0.3) is 0 Å². The molecule has 2 heterocycles. The van der Waals surface area contributed by atoms with Crippen molar-refractivity contribution in [2.45, 2.75) is 26.2 Å². The Kier molecular flexibility index (Phi) is 5.03. The first-order chi connectivity index (χ1) is 9.92. The molecule has 0 bridgehead atoms. The first-order valence-electron chi connectivity index (χ1n) is 7.61. The fourth-order valence-electron chi connectivity index (χ4n) is 2.82. The second-order valence-corrected chi connectivity index (χ2v) is 5.58. The summed E-state index contributed by atoms with van der Waals surface area (Å²) in [5.41, 5.74) is 4.07. The molecule has 0 radical (unpaired) electrons. The van der Waals surface area contributed by atoms with Crippen LogP contribution in [0.1, 0.15) is 23.1 Å². The molecule has 0 unspecified atom stereocenters. The minimum absolute atomic E-state index is 0.778. The summed E-state index contributed by atoms with van der Waals surface area (Å²) in [6, 6.07) is 6.69. The average molecular weight is 276 g/mol. The maximum absolute atomic E-state index is 5.44. The Labute approximate surface area is 121 Å². The molecule has 3 rings (SSSR count). The van der Waals surface area contributed by atoms with Crippen molar-refractivity contribution in [3.8, 4) is 0 Å². The van der Waals surface area contributed by atoms with E-state index < -0.39 is 0 Å². The predicted molar refractivity (Wildman–Crippen MR) is 78.5 cm³/mol. The number of nitrogens with zero attached hydrogens (tertiary/aromatic N) is 1. The van der Waals surface area contributed by atoms with E-state index in [2.05, 4.69) is 28.4 Å². The summed E-state index contributed by atoms with van der Waals surface area (Å²) in [6.45, 7) is 8.73. The van der Waals surface area contributed by atoms with Gasteiger partial charge in [0, 0.05) is 19.6 Å². The first kappa shape index (κ1) is 14.0. The number of hydrogen-bond donors (Lipinski definition) is 1. The zero-order valence-electron chi connectivity index (χ0n) is 12.1. The van der Waals surface area contributed by atoms with E-state index >= 15 is 0 Å². The minimum atomic E-state index is 0.778. The SMILES string of the molecule is c1cc2c(cc1CNCCCN1CCOCC1)COC2. The highest BCUT2D eigenvalue weighted by Gasteiger charge is 2.11. The summed E-state index contributed by atoms with van der Waals surface area (Å²) in [4.78, 5) is 2.48. The van der Waals surface area contributed by atoms with Gasteiger partial charge in [0.2, 0.25) is 0 Å². The van der Waals surface area contributed by atoms with Gasteiger partial charge in [0.15, 0.2) is 0 Å². The third-order valence-electron chi connectivity index (χ3n) is 4.05. The standard InChI is InChI=1S/C16H24N2O2/c1(5-18-6-8-19-9-7-18)4-17-11-14-2-3-15-12-20-13-16(15)10-14/h2-3,10,17H,1,4-9,11-13H2. The molecule has 0 aliphatic carbocycles. The molecule has 0 saturated carbocycles. The molecule has 0 aromatic heterocycles. The second kappa shape index (κ2) is 7.18. The number of fused-ring (bicyclic) bond motifs is 1. The van der Waals surface area contributed by atoms with Crippen LogP contribution in [0.2, 0.25) is 0 Å². The molecule has 1 aromatic carbocycles. The Hall–Kier alpha value is -0.940. The molecular weight excluding hydrogens is 252 g/mol. The topological polar surface area (TPSA) is 33.7 Å². The Morgan fingerprint density at radius 3 is 2.80 bits per heavy atom. The van der Waals surface area contributed by atoms with Gasteiger partial charge in [0.05, 0.1) is 26.4 Å². The quantitative estimate of drug-likeness (QED) is 0.799. The zero-order valence-corrected chi connectivity index (χ0v) is 12.1. The lowest BCUT2D eigenvalue weighted by Crippen LogP contribution is -2.37. The maximum atomic E-state index is 5.44. The number of morpholine rings is 1. The molecule has 2 aliphatic rings. The van der Waals surface area contributed by atoms with Crippen molar-refractivity contribution in [3.05, 3.63) is 34.9 Å². The molecule has 110 valence electrons. The van der Waals surface area contributed by atoms with Gasteiger partial charge in [-0.15, -0.1) is 0 Å². The van der Waals surface area contributed by atoms with Gasteiger partial charge in [-0.2, -0.15) is 0 Å². The molecule has 1 N–H and O–H groups in total. The van der Waals surface area contributed by atoms with Crippen LogP contribution >= 0.6 is 0 Å². The average Bonchev–Trinajstić information content (AvgIpc) is 2.95. The van der Waals surface area contributed by atoms with Crippen molar-refractivity contribution in [3.63, 3.8) is 0 Å². The molecule has 1 fully saturated rings. The van der Waals surface area contributed by atoms with E-state index in [0.717, 1.165) is 52.6 Å². The summed E-state index contributed by atoms with van der Waals surface area (Å²) < 4.78 is 10.8. The van der Waals surface area contributed by atoms with Crippen LogP contribution in [0.3, 0.4) is 0 Å². The van der Waals surface area contributed by atoms with Gasteiger partial charge in [0.25, 0.3) is 0 Å². The van der Waals surface area contributed by atoms with Crippen LogP contribution in [0, 0.1) is 0 Å². The largest absolute Gasteiger partial charge is 0.379 e. The zero-order chi connectivity index (χ0) is 13.6. The number of nitrogens with one attached hydrogen (secondary N) is 1. The smallest absolute Gasteiger partial charge is 0.0725 e. The van der Waals surface area contributed by atoms with E-state index in [-0.39, 0.29) is 0 Å². The Balaban J connectivity index is 1.33. The summed E-state index contributed by atoms with van der Waals surface area (Å²) in [6.07, 6.45) is 1.20. The Bertz CT molecular complexity index is 430. The third-order valence-corrected chi connectivity index (χ3v) is 4.05. The van der Waals surface area contributed by atoms with E-state index in [4.69, 9.17) is 9.47 Å². The third kappa shape index (κ3) is 3.79. The van der Waals surface area contributed by atoms with E-state index in [0.29, 0.717) is 0 Å². The monoisotopic (exact) mass is 276 g/mol. The molecule has 0 atom stereocenters. The molecule has 0 amide bonds. The molecular formula is C16H24N2O2. The predicted octanol–water partition coefficient (Wildman–Crippen LogP) is 1.53. The van der Waals surface area contributed by atoms with Gasteiger partial charge < -0.3 is 14.8 Å². The van der Waals surface area contributed by atoms with Crippen molar-refractivity contribution in [1.29, 1.82) is 0 Å². The van der Waals surface area contributed by atoms with E-state index in [1.54, 1.807) is 0 Å². The van der Waals surface area contributed by atoms with Gasteiger partial charge in [-0.3, -0.25) is 4.90 Å². The number of hydrogen-bond acceptors (Lipinski definition) is 4. The van der Waals surface area contributed by atoms with Crippen molar-refractivity contribution in [2.75, 3.05) is 39.4 Å². The summed E-state index contributed by atoms with van der Waals surface area (Å²) in [5, 5.41) is 3.53. The van der Waals surface area contributed by atoms with Gasteiger partial charge >= 0.3 is 0 Å². The van der Waals surface area contributed by atoms with Crippen molar-refractivity contribution < 1.29 is 9.47 Å². The van der Waals surface area contributed by atoms with Crippen LogP contribution < -0.4 is 5.32 Å². The molecule has 1 aromatic rings. The van der Waals surface area contributed by atoms with Crippen molar-refractivity contribution in [2.24, 2.45) is 0 Å². The Morgan fingerprint density at radius 1 is 1.05 bits per heavy atom. The fraction of sp³-hybridized carbons (Fsp3) is 0.625. The van der Waals surface area contributed by atoms with Crippen LogP contribution in [-0.4, -0.2) is 44.3 Å². The molecule has 20 heavy (non-hydrogen) atoms. The van der Waals surface area contributed by atoms with Gasteiger partial charge in [-0.1, -0.05) is 18.2 Å². The second-order valence-electron chi connectivity index (χ2n) is 5.58. The van der Waals surface area contributed by atoms with Gasteiger partial charge in [-0.25, -0.2) is 0 Å². The number of rotatable bonds is 6. The lowest BCUT2D eigenvalue weighted by molar-refractivity contribution is 0.0374. The highest BCUT2D eigenvalue weighted by molar-refractivity contribution is 5.33. The highest BCUT2D eigenvalue weighted by atomic mass is 16.5. The Morgan fingerprint density at radius 2 is 1.90 bits per heavy atom. The van der Waals surface area contributed by atoms with Crippen LogP contribution in [0.15, 0.2) is 18.2 Å². The maximum Gasteiger partial charge on any atom is 0.0725 e. The van der Waals surface area contributed by atoms with Crippen molar-refractivity contribution in [1.82, 2.24) is 10.2 Å². The van der Waals surface area contributed by atoms with Gasteiger partial charge in [0.1, 0.15) is 0 Å². The summed E-state index contributed by atoms with van der Waals surface area (Å²) in [5.74, 6) is 0. The number of benzene rings is 1. The summed E-state index contributed by atoms with van der Waals surface area (Å²) in [7, 11) is 0. The normalized spacial score (nSPS) is 19.2. The first-order valence-corrected chi connectivity index (χ1v) is 7.61. The van der Waals surface area contributed by atoms with Crippen LogP contribution in [-0.2, 0) is 29.2 Å². The molecule has 2 aliphatic heterocycles. The van der Waals surface area contributed by atoms with E-state index in [1.807, 2.05) is 0 Å². The summed E-state index contributed by atoms with van der Waals surface area (Å²) >= 11 is 0. The van der Waals surface area contributed by atoms with Crippen LogP contribution in [0.5, 0.6) is 0 Å². The van der Waals surface area contributed by atoms with Gasteiger partial charge in [-0.05, 0) is 36.2 Å². The number of ether oxygens (including phenoxy) is 2. The molecule has 0 spiro atoms. The minimum Gasteiger partial charge on any atom is -0.379 e. The highest BCUT2D eigenvalue weighted by Crippen LogP contribution is 2.20. The lowest BCUT2D eigenvalue weighted by atomic mass is 10.1. The molecule has 1 saturated heterocycles. The molecule has 4 nitrogen and oxygen atoms in total. The molecule has 4 heteroatoms. The fourth-order valence-corrected chi connectivity index (χ4v) is 2.82. The lowest BCUT2D eigenvalue weighted by Gasteiger charge is -2.26. The van der Waals surface area contributed by atoms with Crippen molar-refractivity contribution >= 4 is 0 Å². The van der Waals surface area contributed by atoms with E-state index in [1.165, 1.54) is 29.7 Å².